The van der Waals surface area contributed by atoms with Gasteiger partial charge in [0.2, 0.25) is 5.91 Å². The third-order valence-corrected chi connectivity index (χ3v) is 3.97. The number of methoxy groups -OCH3 is 1. The summed E-state index contributed by atoms with van der Waals surface area (Å²) < 4.78 is 18.5. The van der Waals surface area contributed by atoms with Crippen LogP contribution in [0.15, 0.2) is 48.2 Å². The van der Waals surface area contributed by atoms with Crippen molar-refractivity contribution in [1.82, 2.24) is 4.90 Å². The van der Waals surface area contributed by atoms with E-state index >= 15 is 0 Å². The van der Waals surface area contributed by atoms with E-state index in [0.717, 1.165) is 0 Å². The van der Waals surface area contributed by atoms with Crippen LogP contribution in [0.25, 0.3) is 0 Å². The van der Waals surface area contributed by atoms with Crippen molar-refractivity contribution in [3.63, 3.8) is 0 Å². The maximum Gasteiger partial charge on any atom is 0.336 e. The van der Waals surface area contributed by atoms with Gasteiger partial charge in [0.15, 0.2) is 0 Å². The molecular weight excluding hydrogens is 297 g/mol. The van der Waals surface area contributed by atoms with Gasteiger partial charge in [-0.15, -0.1) is 6.58 Å². The standard InChI is InChI=1S/C18H20FNO3/c1-4-9-20-15(5-2)17(18(22)23-3)14(11-16(20)21)12-7-6-8-13(19)10-12/h4,6-8,10,14H,1,5,9,11H2,2-3H3. The van der Waals surface area contributed by atoms with Crippen molar-refractivity contribution in [2.24, 2.45) is 0 Å². The second-order valence-electron chi connectivity index (χ2n) is 5.31. The molecule has 0 saturated heterocycles. The Morgan fingerprint density at radius 3 is 2.83 bits per heavy atom. The van der Waals surface area contributed by atoms with E-state index in [1.54, 1.807) is 23.1 Å². The zero-order valence-corrected chi connectivity index (χ0v) is 13.3. The van der Waals surface area contributed by atoms with Gasteiger partial charge in [-0.25, -0.2) is 9.18 Å². The predicted molar refractivity (Wildman–Crippen MR) is 85.0 cm³/mol. The average molecular weight is 317 g/mol. The van der Waals surface area contributed by atoms with Gasteiger partial charge < -0.3 is 9.64 Å². The molecule has 1 aromatic rings. The van der Waals surface area contributed by atoms with E-state index in [0.29, 0.717) is 29.8 Å². The fraction of sp³-hybridized carbons (Fsp3) is 0.333. The van der Waals surface area contributed by atoms with Crippen LogP contribution < -0.4 is 0 Å². The zero-order valence-electron chi connectivity index (χ0n) is 13.3. The third kappa shape index (κ3) is 3.33. The van der Waals surface area contributed by atoms with Gasteiger partial charge in [0, 0.05) is 24.6 Å². The molecular formula is C18H20FNO3. The summed E-state index contributed by atoms with van der Waals surface area (Å²) in [6, 6.07) is 5.99. The van der Waals surface area contributed by atoms with Crippen molar-refractivity contribution in [3.05, 3.63) is 59.6 Å². The number of carbonyl (C=O) groups excluding carboxylic acids is 2. The molecule has 1 atom stereocenters. The van der Waals surface area contributed by atoms with Crippen LogP contribution in [0.3, 0.4) is 0 Å². The molecule has 1 aliphatic rings. The molecule has 0 saturated carbocycles. The first-order chi connectivity index (χ1) is 11.0. The molecule has 5 heteroatoms. The van der Waals surface area contributed by atoms with Gasteiger partial charge in [0.25, 0.3) is 0 Å². The van der Waals surface area contributed by atoms with Crippen LogP contribution in [0, 0.1) is 5.82 Å². The van der Waals surface area contributed by atoms with Gasteiger partial charge in [-0.1, -0.05) is 25.1 Å². The molecule has 1 heterocycles. The van der Waals surface area contributed by atoms with E-state index in [1.807, 2.05) is 6.92 Å². The van der Waals surface area contributed by atoms with Crippen LogP contribution in [0.4, 0.5) is 4.39 Å². The number of nitrogens with zero attached hydrogens (tertiary/aromatic N) is 1. The molecule has 0 fully saturated rings. The predicted octanol–water partition coefficient (Wildman–Crippen LogP) is 3.16. The summed E-state index contributed by atoms with van der Waals surface area (Å²) in [7, 11) is 1.31. The number of rotatable bonds is 5. The number of esters is 1. The molecule has 0 bridgehead atoms. The average Bonchev–Trinajstić information content (AvgIpc) is 2.55. The highest BCUT2D eigenvalue weighted by molar-refractivity contribution is 5.96. The van der Waals surface area contributed by atoms with E-state index in [-0.39, 0.29) is 12.3 Å². The molecule has 0 radical (unpaired) electrons. The minimum Gasteiger partial charge on any atom is -0.466 e. The first-order valence-corrected chi connectivity index (χ1v) is 7.51. The van der Waals surface area contributed by atoms with E-state index in [2.05, 4.69) is 6.58 Å². The van der Waals surface area contributed by atoms with E-state index < -0.39 is 17.7 Å². The Hall–Kier alpha value is -2.43. The fourth-order valence-electron chi connectivity index (χ4n) is 2.98. The van der Waals surface area contributed by atoms with Crippen molar-refractivity contribution in [2.75, 3.05) is 13.7 Å². The van der Waals surface area contributed by atoms with Crippen molar-refractivity contribution < 1.29 is 18.7 Å². The summed E-state index contributed by atoms with van der Waals surface area (Å²) in [4.78, 5) is 26.4. The van der Waals surface area contributed by atoms with Gasteiger partial charge in [0.1, 0.15) is 5.82 Å². The molecule has 1 unspecified atom stereocenters. The van der Waals surface area contributed by atoms with Crippen LogP contribution in [0.2, 0.25) is 0 Å². The Bertz CT molecular complexity index is 666. The molecule has 2 rings (SSSR count). The van der Waals surface area contributed by atoms with Crippen molar-refractivity contribution in [2.45, 2.75) is 25.7 Å². The molecule has 0 aromatic heterocycles. The molecule has 1 aliphatic heterocycles. The normalized spacial score (nSPS) is 18.1. The van der Waals surface area contributed by atoms with Crippen LogP contribution in [0.1, 0.15) is 31.2 Å². The Morgan fingerprint density at radius 2 is 2.26 bits per heavy atom. The molecule has 0 spiro atoms. The first kappa shape index (κ1) is 16.9. The Morgan fingerprint density at radius 1 is 1.52 bits per heavy atom. The summed E-state index contributed by atoms with van der Waals surface area (Å²) in [5.41, 5.74) is 1.63. The number of hydrogen-bond donors (Lipinski definition) is 0. The molecule has 1 aromatic carbocycles. The Kier molecular flexibility index (Phi) is 5.32. The SMILES string of the molecule is C=CCN1C(=O)CC(c2cccc(F)c2)C(C(=O)OC)=C1CC. The summed E-state index contributed by atoms with van der Waals surface area (Å²) in [6.07, 6.45) is 2.21. The highest BCUT2D eigenvalue weighted by Crippen LogP contribution is 2.38. The second-order valence-corrected chi connectivity index (χ2v) is 5.31. The van der Waals surface area contributed by atoms with Crippen molar-refractivity contribution in [1.29, 1.82) is 0 Å². The second kappa shape index (κ2) is 7.22. The largest absolute Gasteiger partial charge is 0.466 e. The van der Waals surface area contributed by atoms with Gasteiger partial charge >= 0.3 is 5.97 Å². The molecule has 4 nitrogen and oxygen atoms in total. The molecule has 23 heavy (non-hydrogen) atoms. The van der Waals surface area contributed by atoms with Crippen LogP contribution in [-0.4, -0.2) is 30.4 Å². The number of ether oxygens (including phenoxy) is 1. The number of allylic oxidation sites excluding steroid dienone is 1. The lowest BCUT2D eigenvalue weighted by atomic mass is 9.83. The summed E-state index contributed by atoms with van der Waals surface area (Å²) in [5, 5.41) is 0. The zero-order chi connectivity index (χ0) is 17.0. The quantitative estimate of drug-likeness (QED) is 0.619. The van der Waals surface area contributed by atoms with Crippen LogP contribution >= 0.6 is 0 Å². The lowest BCUT2D eigenvalue weighted by Gasteiger charge is -2.35. The lowest BCUT2D eigenvalue weighted by molar-refractivity contribution is -0.137. The monoisotopic (exact) mass is 317 g/mol. The van der Waals surface area contributed by atoms with E-state index in [9.17, 15) is 14.0 Å². The number of hydrogen-bond acceptors (Lipinski definition) is 3. The molecule has 0 N–H and O–H groups in total. The summed E-state index contributed by atoms with van der Waals surface area (Å²) >= 11 is 0. The summed E-state index contributed by atoms with van der Waals surface area (Å²) in [6.45, 7) is 5.86. The molecule has 1 amide bonds. The highest BCUT2D eigenvalue weighted by Gasteiger charge is 2.37. The fourth-order valence-corrected chi connectivity index (χ4v) is 2.98. The van der Waals surface area contributed by atoms with Gasteiger partial charge in [0.05, 0.1) is 12.7 Å². The maximum absolute atomic E-state index is 13.6. The topological polar surface area (TPSA) is 46.6 Å². The number of benzene rings is 1. The summed E-state index contributed by atoms with van der Waals surface area (Å²) in [5.74, 6) is -1.49. The number of amides is 1. The van der Waals surface area contributed by atoms with Crippen molar-refractivity contribution in [3.8, 4) is 0 Å². The van der Waals surface area contributed by atoms with Gasteiger partial charge in [-0.05, 0) is 24.1 Å². The maximum atomic E-state index is 13.6. The smallest absolute Gasteiger partial charge is 0.336 e. The minimum atomic E-state index is -0.498. The van der Waals surface area contributed by atoms with Crippen LogP contribution in [0.5, 0.6) is 0 Å². The minimum absolute atomic E-state index is 0.102. The lowest BCUT2D eigenvalue weighted by Crippen LogP contribution is -2.39. The number of carbonyl (C=O) groups is 2. The first-order valence-electron chi connectivity index (χ1n) is 7.51. The number of halogens is 1. The Labute approximate surface area is 135 Å². The van der Waals surface area contributed by atoms with E-state index in [4.69, 9.17) is 4.74 Å². The molecule has 0 aliphatic carbocycles. The Balaban J connectivity index is 2.61. The van der Waals surface area contributed by atoms with Crippen molar-refractivity contribution >= 4 is 11.9 Å². The van der Waals surface area contributed by atoms with E-state index in [1.165, 1.54) is 19.2 Å². The van der Waals surface area contributed by atoms with Gasteiger partial charge in [-0.3, -0.25) is 4.79 Å². The highest BCUT2D eigenvalue weighted by atomic mass is 19.1. The van der Waals surface area contributed by atoms with Crippen LogP contribution in [-0.2, 0) is 14.3 Å². The third-order valence-electron chi connectivity index (χ3n) is 3.97. The molecule has 122 valence electrons. The van der Waals surface area contributed by atoms with Gasteiger partial charge in [-0.2, -0.15) is 0 Å².